The van der Waals surface area contributed by atoms with Crippen molar-refractivity contribution in [2.75, 3.05) is 18.0 Å². The van der Waals surface area contributed by atoms with Crippen LogP contribution >= 0.6 is 11.6 Å². The van der Waals surface area contributed by atoms with E-state index in [4.69, 9.17) is 16.7 Å². The number of carboxylic acids is 1. The first-order chi connectivity index (χ1) is 13.1. The number of nitrogens with zero attached hydrogens (tertiary/aromatic N) is 2. The number of hydrogen-bond acceptors (Lipinski definition) is 2. The number of benzene rings is 2. The number of anilines is 1. The van der Waals surface area contributed by atoms with Gasteiger partial charge in [0.1, 0.15) is 0 Å². The van der Waals surface area contributed by atoms with Gasteiger partial charge in [0.05, 0.1) is 22.0 Å². The van der Waals surface area contributed by atoms with Crippen LogP contribution < -0.4 is 4.90 Å². The van der Waals surface area contributed by atoms with Gasteiger partial charge in [0.2, 0.25) is 0 Å². The fourth-order valence-corrected chi connectivity index (χ4v) is 3.74. The maximum atomic E-state index is 13.0. The summed E-state index contributed by atoms with van der Waals surface area (Å²) in [6.07, 6.45) is -2.84. The number of carbonyl (C=O) groups is 1. The standard InChI is InChI=1S/C20H16ClF3N2O2/c1-11-4-14(25-8-12(9-25)19(27)28)7-15(5-11)26-10-17(21)16-6-13(20(22,23)24)2-3-18(16)26/h2-7,10,12H,8-9H2,1H3,(H,27,28). The molecule has 146 valence electrons. The Balaban J connectivity index is 1.75. The van der Waals surface area contributed by atoms with E-state index < -0.39 is 17.7 Å². The number of aromatic nitrogens is 1. The van der Waals surface area contributed by atoms with Crippen molar-refractivity contribution in [1.29, 1.82) is 0 Å². The summed E-state index contributed by atoms with van der Waals surface area (Å²) < 4.78 is 40.8. The summed E-state index contributed by atoms with van der Waals surface area (Å²) in [4.78, 5) is 13.0. The predicted octanol–water partition coefficient (Wildman–Crippen LogP) is 5.13. The van der Waals surface area contributed by atoms with Crippen LogP contribution in [0, 0.1) is 12.8 Å². The quantitative estimate of drug-likeness (QED) is 0.653. The third-order valence-electron chi connectivity index (χ3n) is 5.00. The molecule has 1 fully saturated rings. The Bertz CT molecular complexity index is 1080. The van der Waals surface area contributed by atoms with Gasteiger partial charge in [-0.3, -0.25) is 4.79 Å². The summed E-state index contributed by atoms with van der Waals surface area (Å²) in [5, 5.41) is 9.62. The summed E-state index contributed by atoms with van der Waals surface area (Å²) in [6.45, 7) is 2.78. The first-order valence-electron chi connectivity index (χ1n) is 8.61. The lowest BCUT2D eigenvalue weighted by molar-refractivity contribution is -0.142. The molecular formula is C20H16ClF3N2O2. The number of alkyl halides is 3. The SMILES string of the molecule is Cc1cc(N2CC(C(=O)O)C2)cc(-n2cc(Cl)c3cc(C(F)(F)F)ccc32)c1. The average Bonchev–Trinajstić information content (AvgIpc) is 2.88. The molecule has 0 aliphatic carbocycles. The summed E-state index contributed by atoms with van der Waals surface area (Å²) in [7, 11) is 0. The van der Waals surface area contributed by atoms with Crippen molar-refractivity contribution in [1.82, 2.24) is 4.57 Å². The Morgan fingerprint density at radius 3 is 2.46 bits per heavy atom. The second-order valence-electron chi connectivity index (χ2n) is 7.04. The fraction of sp³-hybridized carbons (Fsp3) is 0.250. The lowest BCUT2D eigenvalue weighted by Crippen LogP contribution is -2.50. The molecule has 0 unspecified atom stereocenters. The van der Waals surface area contributed by atoms with Gasteiger partial charge in [-0.25, -0.2) is 0 Å². The molecule has 4 rings (SSSR count). The van der Waals surface area contributed by atoms with Crippen molar-refractivity contribution in [2.24, 2.45) is 5.92 Å². The molecule has 1 aromatic heterocycles. The molecule has 1 aliphatic rings. The largest absolute Gasteiger partial charge is 0.481 e. The maximum Gasteiger partial charge on any atom is 0.416 e. The Labute approximate surface area is 163 Å². The van der Waals surface area contributed by atoms with Gasteiger partial charge in [-0.2, -0.15) is 13.2 Å². The van der Waals surface area contributed by atoms with E-state index in [1.54, 1.807) is 10.8 Å². The molecule has 0 bridgehead atoms. The molecule has 28 heavy (non-hydrogen) atoms. The summed E-state index contributed by atoms with van der Waals surface area (Å²) in [6, 6.07) is 9.26. The lowest BCUT2D eigenvalue weighted by Gasteiger charge is -2.39. The number of aryl methyl sites for hydroxylation is 1. The van der Waals surface area contributed by atoms with Crippen LogP contribution in [0.1, 0.15) is 11.1 Å². The highest BCUT2D eigenvalue weighted by Gasteiger charge is 2.33. The molecule has 0 spiro atoms. The second-order valence-corrected chi connectivity index (χ2v) is 7.45. The van der Waals surface area contributed by atoms with Crippen LogP contribution in [0.15, 0.2) is 42.6 Å². The van der Waals surface area contributed by atoms with Gasteiger partial charge in [-0.05, 0) is 48.9 Å². The summed E-state index contributed by atoms with van der Waals surface area (Å²) in [5.41, 5.74) is 2.41. The second kappa shape index (κ2) is 6.44. The summed E-state index contributed by atoms with van der Waals surface area (Å²) >= 11 is 6.22. The van der Waals surface area contributed by atoms with Crippen molar-refractivity contribution in [3.8, 4) is 5.69 Å². The number of halogens is 4. The third-order valence-corrected chi connectivity index (χ3v) is 5.31. The van der Waals surface area contributed by atoms with Crippen LogP contribution in [0.5, 0.6) is 0 Å². The highest BCUT2D eigenvalue weighted by Crippen LogP contribution is 2.36. The lowest BCUT2D eigenvalue weighted by atomic mass is 9.99. The Morgan fingerprint density at radius 2 is 1.82 bits per heavy atom. The number of fused-ring (bicyclic) bond motifs is 1. The fourth-order valence-electron chi connectivity index (χ4n) is 3.49. The minimum absolute atomic E-state index is 0.235. The van der Waals surface area contributed by atoms with Gasteiger partial charge in [0.15, 0.2) is 0 Å². The van der Waals surface area contributed by atoms with Gasteiger partial charge in [0.25, 0.3) is 0 Å². The highest BCUT2D eigenvalue weighted by atomic mass is 35.5. The Morgan fingerprint density at radius 1 is 1.14 bits per heavy atom. The number of hydrogen-bond donors (Lipinski definition) is 1. The van der Waals surface area contributed by atoms with E-state index in [9.17, 15) is 18.0 Å². The third kappa shape index (κ3) is 3.20. The zero-order valence-electron chi connectivity index (χ0n) is 14.8. The monoisotopic (exact) mass is 408 g/mol. The van der Waals surface area contributed by atoms with Gasteiger partial charge in [-0.1, -0.05) is 11.6 Å². The van der Waals surface area contributed by atoms with E-state index in [-0.39, 0.29) is 10.9 Å². The molecule has 2 aromatic carbocycles. The average molecular weight is 409 g/mol. The Hall–Kier alpha value is -2.67. The number of aliphatic carboxylic acids is 1. The highest BCUT2D eigenvalue weighted by molar-refractivity contribution is 6.35. The van der Waals surface area contributed by atoms with Crippen molar-refractivity contribution in [3.05, 3.63) is 58.7 Å². The van der Waals surface area contributed by atoms with E-state index in [1.807, 2.05) is 30.0 Å². The van der Waals surface area contributed by atoms with Gasteiger partial charge in [0, 0.05) is 36.0 Å². The van der Waals surface area contributed by atoms with Crippen molar-refractivity contribution < 1.29 is 23.1 Å². The molecule has 4 nitrogen and oxygen atoms in total. The predicted molar refractivity (Wildman–Crippen MR) is 101 cm³/mol. The molecule has 1 aliphatic heterocycles. The van der Waals surface area contributed by atoms with Gasteiger partial charge >= 0.3 is 12.1 Å². The zero-order chi connectivity index (χ0) is 20.2. The molecule has 0 atom stereocenters. The van der Waals surface area contributed by atoms with E-state index in [2.05, 4.69) is 0 Å². The zero-order valence-corrected chi connectivity index (χ0v) is 15.6. The molecule has 2 heterocycles. The van der Waals surface area contributed by atoms with Gasteiger partial charge < -0.3 is 14.6 Å². The number of rotatable bonds is 3. The van der Waals surface area contributed by atoms with Gasteiger partial charge in [-0.15, -0.1) is 0 Å². The van der Waals surface area contributed by atoms with Crippen molar-refractivity contribution in [2.45, 2.75) is 13.1 Å². The topological polar surface area (TPSA) is 45.5 Å². The minimum Gasteiger partial charge on any atom is -0.481 e. The minimum atomic E-state index is -4.44. The van der Waals surface area contributed by atoms with Crippen LogP contribution in [-0.4, -0.2) is 28.7 Å². The van der Waals surface area contributed by atoms with E-state index in [0.29, 0.717) is 24.0 Å². The molecular weight excluding hydrogens is 393 g/mol. The Kier molecular flexibility index (Phi) is 4.30. The van der Waals surface area contributed by atoms with E-state index in [1.165, 1.54) is 6.07 Å². The van der Waals surface area contributed by atoms with Crippen LogP contribution in [0.2, 0.25) is 5.02 Å². The normalized spacial score (nSPS) is 15.1. The van der Waals surface area contributed by atoms with Crippen molar-refractivity contribution >= 4 is 34.2 Å². The van der Waals surface area contributed by atoms with Crippen LogP contribution in [0.3, 0.4) is 0 Å². The molecule has 3 aromatic rings. The first kappa shape index (κ1) is 18.7. The van der Waals surface area contributed by atoms with Crippen molar-refractivity contribution in [3.63, 3.8) is 0 Å². The van der Waals surface area contributed by atoms with E-state index >= 15 is 0 Å². The van der Waals surface area contributed by atoms with Crippen LogP contribution in [0.25, 0.3) is 16.6 Å². The maximum absolute atomic E-state index is 13.0. The van der Waals surface area contributed by atoms with Crippen LogP contribution in [0.4, 0.5) is 18.9 Å². The first-order valence-corrected chi connectivity index (χ1v) is 8.99. The molecule has 0 amide bonds. The molecule has 0 saturated carbocycles. The van der Waals surface area contributed by atoms with Crippen LogP contribution in [-0.2, 0) is 11.0 Å². The molecule has 1 N–H and O–H groups in total. The number of carboxylic acid groups (broad SMARTS) is 1. The smallest absolute Gasteiger partial charge is 0.416 e. The molecule has 0 radical (unpaired) electrons. The molecule has 1 saturated heterocycles. The summed E-state index contributed by atoms with van der Waals surface area (Å²) in [5.74, 6) is -1.20. The molecule has 8 heteroatoms. The van der Waals surface area contributed by atoms with E-state index in [0.717, 1.165) is 29.1 Å².